The van der Waals surface area contributed by atoms with Crippen molar-refractivity contribution in [3.8, 4) is 6.07 Å². The van der Waals surface area contributed by atoms with Gasteiger partial charge in [-0.15, -0.1) is 5.01 Å². The second kappa shape index (κ2) is 5.60. The summed E-state index contributed by atoms with van der Waals surface area (Å²) in [5.74, 6) is -0.0751. The minimum absolute atomic E-state index is 0.0365. The second-order valence-electron chi connectivity index (χ2n) is 5.82. The van der Waals surface area contributed by atoms with Crippen molar-refractivity contribution >= 4 is 17.8 Å². The third-order valence-electron chi connectivity index (χ3n) is 3.01. The number of cyclic esters (lactones) is 1. The predicted octanol–water partition coefficient (Wildman–Crippen LogP) is 1.48. The van der Waals surface area contributed by atoms with Crippen LogP contribution in [0.4, 0.5) is 10.6 Å². The highest BCUT2D eigenvalue weighted by Crippen LogP contribution is 2.28. The molecule has 0 aliphatic carbocycles. The summed E-state index contributed by atoms with van der Waals surface area (Å²) in [6, 6.07) is 3.37. The van der Waals surface area contributed by atoms with E-state index in [4.69, 9.17) is 10.00 Å². The standard InChI is InChI=1S/C14H17N5O3/c1-9(2)8-18(11-5-6-16-10(7-15)17-11)19-12(20)14(3,4)22-13(19)21/h5-6,9H,8H2,1-4H3. The predicted molar refractivity (Wildman–Crippen MR) is 76.3 cm³/mol. The number of imide groups is 1. The van der Waals surface area contributed by atoms with E-state index in [0.717, 1.165) is 5.01 Å². The Morgan fingerprint density at radius 2 is 2.14 bits per heavy atom. The Labute approximate surface area is 128 Å². The third kappa shape index (κ3) is 2.83. The minimum atomic E-state index is -1.22. The molecule has 1 fully saturated rings. The minimum Gasteiger partial charge on any atom is -0.432 e. The fraction of sp³-hybridized carbons (Fsp3) is 0.500. The fourth-order valence-corrected chi connectivity index (χ4v) is 2.02. The maximum Gasteiger partial charge on any atom is 0.437 e. The van der Waals surface area contributed by atoms with Gasteiger partial charge in [0.25, 0.3) is 5.91 Å². The average molecular weight is 303 g/mol. The van der Waals surface area contributed by atoms with Gasteiger partial charge in [-0.1, -0.05) is 13.8 Å². The van der Waals surface area contributed by atoms with Gasteiger partial charge in [0.05, 0.1) is 0 Å². The summed E-state index contributed by atoms with van der Waals surface area (Å²) in [5, 5.41) is 11.3. The lowest BCUT2D eigenvalue weighted by Gasteiger charge is -2.30. The van der Waals surface area contributed by atoms with Crippen LogP contribution in [0.2, 0.25) is 0 Å². The number of nitrogens with zero attached hydrogens (tertiary/aromatic N) is 5. The molecule has 0 saturated carbocycles. The molecule has 1 aromatic heterocycles. The summed E-state index contributed by atoms with van der Waals surface area (Å²) >= 11 is 0. The molecule has 0 bridgehead atoms. The molecule has 0 N–H and O–H groups in total. The van der Waals surface area contributed by atoms with Gasteiger partial charge in [-0.3, -0.25) is 9.80 Å². The number of rotatable bonds is 4. The topological polar surface area (TPSA) is 99.4 Å². The summed E-state index contributed by atoms with van der Waals surface area (Å²) in [6.07, 6.45) is 0.651. The average Bonchev–Trinajstić information content (AvgIpc) is 2.65. The summed E-state index contributed by atoms with van der Waals surface area (Å²) < 4.78 is 5.10. The Morgan fingerprint density at radius 1 is 1.45 bits per heavy atom. The Bertz CT molecular complexity index is 650. The van der Waals surface area contributed by atoms with E-state index >= 15 is 0 Å². The lowest BCUT2D eigenvalue weighted by Crippen LogP contribution is -2.50. The number of hydrogen-bond donors (Lipinski definition) is 0. The zero-order valence-corrected chi connectivity index (χ0v) is 12.9. The van der Waals surface area contributed by atoms with Crippen LogP contribution in [-0.2, 0) is 9.53 Å². The second-order valence-corrected chi connectivity index (χ2v) is 5.82. The normalized spacial score (nSPS) is 16.6. The molecule has 116 valence electrons. The third-order valence-corrected chi connectivity index (χ3v) is 3.01. The molecule has 2 amide bonds. The van der Waals surface area contributed by atoms with Crippen LogP contribution in [0.25, 0.3) is 0 Å². The summed E-state index contributed by atoms with van der Waals surface area (Å²) in [7, 11) is 0. The summed E-state index contributed by atoms with van der Waals surface area (Å²) in [5.41, 5.74) is -1.22. The molecule has 0 unspecified atom stereocenters. The highest BCUT2D eigenvalue weighted by molar-refractivity contribution is 6.03. The molecule has 1 saturated heterocycles. The van der Waals surface area contributed by atoms with Crippen LogP contribution < -0.4 is 5.01 Å². The number of ether oxygens (including phenoxy) is 1. The van der Waals surface area contributed by atoms with Crippen molar-refractivity contribution in [1.82, 2.24) is 15.0 Å². The van der Waals surface area contributed by atoms with Crippen LogP contribution in [0.3, 0.4) is 0 Å². The molecular weight excluding hydrogens is 286 g/mol. The van der Waals surface area contributed by atoms with Crippen LogP contribution in [0.1, 0.15) is 33.5 Å². The van der Waals surface area contributed by atoms with Crippen molar-refractivity contribution in [2.45, 2.75) is 33.3 Å². The molecule has 8 heteroatoms. The molecule has 0 aromatic carbocycles. The molecule has 1 aliphatic rings. The van der Waals surface area contributed by atoms with E-state index in [-0.39, 0.29) is 11.7 Å². The Morgan fingerprint density at radius 3 is 2.64 bits per heavy atom. The molecule has 2 heterocycles. The summed E-state index contributed by atoms with van der Waals surface area (Å²) in [6.45, 7) is 7.30. The van der Waals surface area contributed by atoms with E-state index < -0.39 is 17.6 Å². The Hall–Kier alpha value is -2.69. The fourth-order valence-electron chi connectivity index (χ4n) is 2.02. The largest absolute Gasteiger partial charge is 0.437 e. The number of amides is 2. The van der Waals surface area contributed by atoms with E-state index in [1.165, 1.54) is 31.1 Å². The molecule has 8 nitrogen and oxygen atoms in total. The van der Waals surface area contributed by atoms with Gasteiger partial charge in [-0.25, -0.2) is 9.78 Å². The number of anilines is 1. The van der Waals surface area contributed by atoms with Crippen molar-refractivity contribution in [2.75, 3.05) is 11.6 Å². The SMILES string of the molecule is CC(C)CN(c1ccnc(C#N)n1)N1C(=O)OC(C)(C)C1=O. The van der Waals surface area contributed by atoms with Crippen molar-refractivity contribution in [3.63, 3.8) is 0 Å². The lowest BCUT2D eigenvalue weighted by atomic mass is 10.1. The Kier molecular flexibility index (Phi) is 3.99. The monoisotopic (exact) mass is 303 g/mol. The van der Waals surface area contributed by atoms with Gasteiger partial charge in [-0.2, -0.15) is 10.2 Å². The van der Waals surface area contributed by atoms with Gasteiger partial charge < -0.3 is 4.74 Å². The first-order valence-electron chi connectivity index (χ1n) is 6.84. The molecule has 1 aromatic rings. The number of hydrogen-bond acceptors (Lipinski definition) is 7. The van der Waals surface area contributed by atoms with Gasteiger partial charge in [0.15, 0.2) is 11.4 Å². The number of carbonyl (C=O) groups excluding carboxylic acids is 2. The molecular formula is C14H17N5O3. The van der Waals surface area contributed by atoms with Gasteiger partial charge >= 0.3 is 6.09 Å². The summed E-state index contributed by atoms with van der Waals surface area (Å²) in [4.78, 5) is 32.4. The van der Waals surface area contributed by atoms with E-state index in [1.807, 2.05) is 19.9 Å². The lowest BCUT2D eigenvalue weighted by molar-refractivity contribution is -0.135. The maximum atomic E-state index is 12.4. The van der Waals surface area contributed by atoms with Crippen LogP contribution >= 0.6 is 0 Å². The zero-order chi connectivity index (χ0) is 16.5. The van der Waals surface area contributed by atoms with Crippen LogP contribution in [0.15, 0.2) is 12.3 Å². The van der Waals surface area contributed by atoms with Gasteiger partial charge in [-0.05, 0) is 19.8 Å². The van der Waals surface area contributed by atoms with Crippen LogP contribution in [-0.4, -0.2) is 39.1 Å². The van der Waals surface area contributed by atoms with E-state index in [0.29, 0.717) is 12.4 Å². The smallest absolute Gasteiger partial charge is 0.432 e. The van der Waals surface area contributed by atoms with Gasteiger partial charge in [0.1, 0.15) is 6.07 Å². The van der Waals surface area contributed by atoms with Crippen molar-refractivity contribution < 1.29 is 14.3 Å². The first kappa shape index (κ1) is 15.7. The quantitative estimate of drug-likeness (QED) is 0.830. The zero-order valence-electron chi connectivity index (χ0n) is 12.9. The number of hydrazine groups is 1. The number of aromatic nitrogens is 2. The first-order valence-corrected chi connectivity index (χ1v) is 6.84. The first-order chi connectivity index (χ1) is 10.3. The molecule has 2 rings (SSSR count). The molecule has 1 aliphatic heterocycles. The van der Waals surface area contributed by atoms with E-state index in [2.05, 4.69) is 9.97 Å². The van der Waals surface area contributed by atoms with E-state index in [9.17, 15) is 9.59 Å². The van der Waals surface area contributed by atoms with Crippen molar-refractivity contribution in [1.29, 1.82) is 5.26 Å². The number of nitriles is 1. The molecule has 0 radical (unpaired) electrons. The molecule has 0 atom stereocenters. The van der Waals surface area contributed by atoms with Gasteiger partial charge in [0, 0.05) is 18.8 Å². The van der Waals surface area contributed by atoms with Crippen molar-refractivity contribution in [2.24, 2.45) is 5.92 Å². The molecule has 22 heavy (non-hydrogen) atoms. The maximum absolute atomic E-state index is 12.4. The highest BCUT2D eigenvalue weighted by atomic mass is 16.6. The van der Waals surface area contributed by atoms with Crippen LogP contribution in [0, 0.1) is 17.2 Å². The van der Waals surface area contributed by atoms with Gasteiger partial charge in [0.2, 0.25) is 5.82 Å². The van der Waals surface area contributed by atoms with E-state index in [1.54, 1.807) is 0 Å². The number of carbonyl (C=O) groups is 2. The van der Waals surface area contributed by atoms with Crippen LogP contribution in [0.5, 0.6) is 0 Å². The highest BCUT2D eigenvalue weighted by Gasteiger charge is 2.50. The molecule has 0 spiro atoms. The Balaban J connectivity index is 2.45. The van der Waals surface area contributed by atoms with Crippen molar-refractivity contribution in [3.05, 3.63) is 18.1 Å².